The number of aromatic nitrogens is 2. The van der Waals surface area contributed by atoms with Crippen molar-refractivity contribution in [3.8, 4) is 0 Å². The van der Waals surface area contributed by atoms with Gasteiger partial charge in [0.25, 0.3) is 0 Å². The van der Waals surface area contributed by atoms with Crippen LogP contribution in [0.3, 0.4) is 0 Å². The van der Waals surface area contributed by atoms with E-state index in [0.717, 1.165) is 24.1 Å². The Morgan fingerprint density at radius 3 is 2.95 bits per heavy atom. The summed E-state index contributed by atoms with van der Waals surface area (Å²) in [6.07, 6.45) is 5.17. The molecule has 1 aromatic heterocycles. The molecule has 2 aromatic rings. The average molecular weight is 257 g/mol. The van der Waals surface area contributed by atoms with Crippen molar-refractivity contribution >= 4 is 6.41 Å². The molecule has 0 radical (unpaired) electrons. The predicted octanol–water partition coefficient (Wildman–Crippen LogP) is 1.86. The van der Waals surface area contributed by atoms with Crippen molar-refractivity contribution in [2.24, 2.45) is 0 Å². The number of carbonyl (C=O) groups excluding carboxylic acids is 1. The molecule has 0 saturated heterocycles. The average Bonchev–Trinajstić information content (AvgIpc) is 3.05. The number of imidazole rings is 1. The van der Waals surface area contributed by atoms with Gasteiger partial charge in [0.05, 0.1) is 18.1 Å². The molecule has 1 amide bonds. The van der Waals surface area contributed by atoms with E-state index < -0.39 is 0 Å². The number of hydroxylamine groups is 2. The maximum Gasteiger partial charge on any atom is 0.233 e. The van der Waals surface area contributed by atoms with Crippen LogP contribution in [0.4, 0.5) is 0 Å². The van der Waals surface area contributed by atoms with Crippen LogP contribution >= 0.6 is 0 Å². The number of H-pyrrole nitrogens is 1. The SMILES string of the molecule is O=CN(OCc1ccccc1)[C@@H]1C[C@H]1c1c[nH]cn1. The number of rotatable bonds is 6. The Morgan fingerprint density at radius 1 is 1.42 bits per heavy atom. The first-order valence-corrected chi connectivity index (χ1v) is 6.27. The lowest BCUT2D eigenvalue weighted by Crippen LogP contribution is -2.25. The summed E-state index contributed by atoms with van der Waals surface area (Å²) >= 11 is 0. The van der Waals surface area contributed by atoms with Crippen LogP contribution in [0, 0.1) is 0 Å². The third kappa shape index (κ3) is 2.66. The van der Waals surface area contributed by atoms with E-state index in [0.29, 0.717) is 6.61 Å². The van der Waals surface area contributed by atoms with Crippen molar-refractivity contribution in [2.45, 2.75) is 25.0 Å². The molecule has 1 heterocycles. The van der Waals surface area contributed by atoms with E-state index in [4.69, 9.17) is 4.84 Å². The smallest absolute Gasteiger partial charge is 0.233 e. The highest BCUT2D eigenvalue weighted by atomic mass is 16.7. The highest BCUT2D eigenvalue weighted by molar-refractivity contribution is 5.48. The zero-order chi connectivity index (χ0) is 13.1. The molecule has 0 aliphatic heterocycles. The van der Waals surface area contributed by atoms with Gasteiger partial charge in [-0.2, -0.15) is 0 Å². The molecule has 5 nitrogen and oxygen atoms in total. The van der Waals surface area contributed by atoms with E-state index >= 15 is 0 Å². The lowest BCUT2D eigenvalue weighted by molar-refractivity contribution is -0.181. The summed E-state index contributed by atoms with van der Waals surface area (Å²) in [5.74, 6) is 0.284. The molecular weight excluding hydrogens is 242 g/mol. The van der Waals surface area contributed by atoms with Crippen LogP contribution in [0.5, 0.6) is 0 Å². The Labute approximate surface area is 111 Å². The molecule has 0 bridgehead atoms. The van der Waals surface area contributed by atoms with Crippen molar-refractivity contribution in [1.29, 1.82) is 0 Å². The minimum atomic E-state index is 0.101. The van der Waals surface area contributed by atoms with Gasteiger partial charge in [0.15, 0.2) is 0 Å². The van der Waals surface area contributed by atoms with Crippen LogP contribution in [0.1, 0.15) is 23.6 Å². The van der Waals surface area contributed by atoms with Crippen LogP contribution in [-0.2, 0) is 16.2 Å². The maximum absolute atomic E-state index is 11.1. The quantitative estimate of drug-likeness (QED) is 0.634. The molecule has 0 unspecified atom stereocenters. The van der Waals surface area contributed by atoms with Gasteiger partial charge in [-0.15, -0.1) is 0 Å². The molecule has 1 aromatic carbocycles. The fourth-order valence-corrected chi connectivity index (χ4v) is 2.18. The van der Waals surface area contributed by atoms with Crippen LogP contribution in [0.15, 0.2) is 42.9 Å². The second-order valence-electron chi connectivity index (χ2n) is 4.63. The molecule has 1 fully saturated rings. The summed E-state index contributed by atoms with van der Waals surface area (Å²) in [5.41, 5.74) is 2.03. The molecular formula is C14H15N3O2. The summed E-state index contributed by atoms with van der Waals surface area (Å²) < 4.78 is 0. The van der Waals surface area contributed by atoms with E-state index in [1.807, 2.05) is 36.5 Å². The number of aromatic amines is 1. The van der Waals surface area contributed by atoms with Gasteiger partial charge >= 0.3 is 0 Å². The lowest BCUT2D eigenvalue weighted by Gasteiger charge is -2.16. The Hall–Kier alpha value is -2.14. The van der Waals surface area contributed by atoms with Gasteiger partial charge in [0.2, 0.25) is 6.41 Å². The van der Waals surface area contributed by atoms with E-state index in [1.54, 1.807) is 6.33 Å². The largest absolute Gasteiger partial charge is 0.351 e. The fraction of sp³-hybridized carbons (Fsp3) is 0.286. The van der Waals surface area contributed by atoms with Crippen LogP contribution in [0.2, 0.25) is 0 Å². The predicted molar refractivity (Wildman–Crippen MR) is 68.9 cm³/mol. The van der Waals surface area contributed by atoms with Crippen molar-refractivity contribution in [1.82, 2.24) is 15.0 Å². The van der Waals surface area contributed by atoms with Gasteiger partial charge in [-0.05, 0) is 12.0 Å². The second kappa shape index (κ2) is 5.24. The number of hydrogen-bond donors (Lipinski definition) is 1. The second-order valence-corrected chi connectivity index (χ2v) is 4.63. The first-order chi connectivity index (χ1) is 9.38. The number of amides is 1. The summed E-state index contributed by atoms with van der Waals surface area (Å²) in [5, 5.41) is 1.41. The molecule has 1 aliphatic rings. The molecule has 2 atom stereocenters. The number of hydrogen-bond acceptors (Lipinski definition) is 3. The van der Waals surface area contributed by atoms with Gasteiger partial charge in [-0.25, -0.2) is 10.0 Å². The highest BCUT2D eigenvalue weighted by Crippen LogP contribution is 2.43. The van der Waals surface area contributed by atoms with E-state index in [2.05, 4.69) is 9.97 Å². The van der Waals surface area contributed by atoms with Gasteiger partial charge in [-0.3, -0.25) is 9.63 Å². The first kappa shape index (κ1) is 11.9. The lowest BCUT2D eigenvalue weighted by atomic mass is 10.2. The third-order valence-electron chi connectivity index (χ3n) is 3.31. The first-order valence-electron chi connectivity index (χ1n) is 6.27. The van der Waals surface area contributed by atoms with Crippen molar-refractivity contribution in [2.75, 3.05) is 0 Å². The van der Waals surface area contributed by atoms with Crippen LogP contribution in [-0.4, -0.2) is 27.5 Å². The third-order valence-corrected chi connectivity index (χ3v) is 3.31. The minimum absolute atomic E-state index is 0.101. The zero-order valence-corrected chi connectivity index (χ0v) is 10.4. The summed E-state index contributed by atoms with van der Waals surface area (Å²) in [6.45, 7) is 0.406. The van der Waals surface area contributed by atoms with E-state index in [1.165, 1.54) is 5.06 Å². The Kier molecular flexibility index (Phi) is 3.29. The highest BCUT2D eigenvalue weighted by Gasteiger charge is 2.45. The summed E-state index contributed by atoms with van der Waals surface area (Å²) in [6, 6.07) is 9.91. The molecule has 1 aliphatic carbocycles. The molecule has 1 saturated carbocycles. The Bertz CT molecular complexity index is 527. The van der Waals surface area contributed by atoms with Crippen LogP contribution in [0.25, 0.3) is 0 Å². The zero-order valence-electron chi connectivity index (χ0n) is 10.4. The molecule has 5 heteroatoms. The summed E-state index contributed by atoms with van der Waals surface area (Å²) in [4.78, 5) is 23.8. The van der Waals surface area contributed by atoms with Gasteiger partial charge in [0, 0.05) is 12.1 Å². The number of carbonyl (C=O) groups is 1. The molecule has 3 rings (SSSR count). The summed E-state index contributed by atoms with van der Waals surface area (Å²) in [7, 11) is 0. The van der Waals surface area contributed by atoms with Gasteiger partial charge in [0.1, 0.15) is 6.61 Å². The molecule has 0 spiro atoms. The van der Waals surface area contributed by atoms with E-state index in [-0.39, 0.29) is 12.0 Å². The Morgan fingerprint density at radius 2 is 2.26 bits per heavy atom. The minimum Gasteiger partial charge on any atom is -0.351 e. The van der Waals surface area contributed by atoms with E-state index in [9.17, 15) is 4.79 Å². The number of nitrogens with one attached hydrogen (secondary N) is 1. The van der Waals surface area contributed by atoms with Gasteiger partial charge in [-0.1, -0.05) is 30.3 Å². The van der Waals surface area contributed by atoms with Gasteiger partial charge < -0.3 is 4.98 Å². The fourth-order valence-electron chi connectivity index (χ4n) is 2.18. The normalized spacial score (nSPS) is 21.1. The molecule has 1 N–H and O–H groups in total. The molecule has 19 heavy (non-hydrogen) atoms. The van der Waals surface area contributed by atoms with Crippen LogP contribution < -0.4 is 0 Å². The number of nitrogens with zero attached hydrogens (tertiary/aromatic N) is 2. The van der Waals surface area contributed by atoms with Crippen molar-refractivity contribution < 1.29 is 9.63 Å². The maximum atomic E-state index is 11.1. The molecule has 98 valence electrons. The number of benzene rings is 1. The standard InChI is InChI=1S/C14H15N3O2/c18-10-17(19-8-11-4-2-1-3-5-11)14-6-12(14)13-7-15-9-16-13/h1-5,7,9-10,12,14H,6,8H2,(H,15,16)/t12-,14+/m0/s1. The van der Waals surface area contributed by atoms with Crippen molar-refractivity contribution in [3.05, 3.63) is 54.1 Å². The Balaban J connectivity index is 1.56. The monoisotopic (exact) mass is 257 g/mol. The topological polar surface area (TPSA) is 58.2 Å². The van der Waals surface area contributed by atoms with Crippen molar-refractivity contribution in [3.63, 3.8) is 0 Å².